The molecule has 4 heterocycles. The summed E-state index contributed by atoms with van der Waals surface area (Å²) in [6.45, 7) is 6.72. The lowest BCUT2D eigenvalue weighted by Crippen LogP contribution is -2.59. The third-order valence-corrected chi connectivity index (χ3v) is 7.35. The molecule has 4 aromatic rings. The Morgan fingerprint density at radius 2 is 1.77 bits per heavy atom. The van der Waals surface area contributed by atoms with Crippen LogP contribution in [0.5, 0.6) is 0 Å². The van der Waals surface area contributed by atoms with Gasteiger partial charge in [-0.25, -0.2) is 9.48 Å². The molecule has 2 amide bonds. The van der Waals surface area contributed by atoms with Crippen LogP contribution in [0.15, 0.2) is 53.1 Å². The number of alkyl halides is 2. The standard InChI is InChI=1S/C29H30F2N8O4/c1-28(2,3)43-27(41)38-12-10-29(11-13-38)26(40)32-21-14-19(8-9-20(21)33-29)22-16-39(37-34-22)15-17-4-6-18(7-5-17)24-35-36-25(42-24)23(30)31/h4-9,14,16,23,33H,10-13,15H2,1-3H3,(H,32,40). The van der Waals surface area contributed by atoms with Gasteiger partial charge < -0.3 is 24.7 Å². The number of aromatic nitrogens is 5. The van der Waals surface area contributed by atoms with Crippen molar-refractivity contribution in [3.05, 3.63) is 60.1 Å². The van der Waals surface area contributed by atoms with Crippen molar-refractivity contribution in [3.8, 4) is 22.7 Å². The molecule has 224 valence electrons. The van der Waals surface area contributed by atoms with E-state index in [-0.39, 0.29) is 17.9 Å². The van der Waals surface area contributed by atoms with Crippen LogP contribution in [0.25, 0.3) is 22.7 Å². The Morgan fingerprint density at radius 3 is 2.44 bits per heavy atom. The van der Waals surface area contributed by atoms with Crippen molar-refractivity contribution in [2.24, 2.45) is 0 Å². The molecule has 2 aliphatic rings. The van der Waals surface area contributed by atoms with Crippen molar-refractivity contribution in [1.29, 1.82) is 0 Å². The number of piperidine rings is 1. The number of carbonyl (C=O) groups is 2. The molecule has 0 aliphatic carbocycles. The zero-order chi connectivity index (χ0) is 30.4. The average molecular weight is 593 g/mol. The molecule has 6 rings (SSSR count). The molecule has 2 N–H and O–H groups in total. The van der Waals surface area contributed by atoms with Gasteiger partial charge in [-0.1, -0.05) is 23.4 Å². The summed E-state index contributed by atoms with van der Waals surface area (Å²) >= 11 is 0. The maximum absolute atomic E-state index is 13.3. The SMILES string of the molecule is CC(C)(C)OC(=O)N1CCC2(CC1)Nc1ccc(-c3cn(Cc4ccc(-c5nnc(C(F)F)o5)cc4)nn3)cc1NC2=O. The van der Waals surface area contributed by atoms with Crippen molar-refractivity contribution >= 4 is 23.4 Å². The Kier molecular flexibility index (Phi) is 7.06. The first-order chi connectivity index (χ1) is 20.5. The Hall–Kier alpha value is -4.88. The average Bonchev–Trinajstić information content (AvgIpc) is 3.64. The highest BCUT2D eigenvalue weighted by Crippen LogP contribution is 2.38. The summed E-state index contributed by atoms with van der Waals surface area (Å²) in [7, 11) is 0. The molecule has 0 saturated carbocycles. The number of fused-ring (bicyclic) bond motifs is 1. The predicted molar refractivity (Wildman–Crippen MR) is 151 cm³/mol. The molecule has 12 nitrogen and oxygen atoms in total. The van der Waals surface area contributed by atoms with E-state index >= 15 is 0 Å². The first kappa shape index (κ1) is 28.2. The number of carbonyl (C=O) groups excluding carboxylic acids is 2. The Bertz CT molecular complexity index is 1650. The van der Waals surface area contributed by atoms with Gasteiger partial charge in [0.1, 0.15) is 16.8 Å². The van der Waals surface area contributed by atoms with E-state index in [1.54, 1.807) is 27.9 Å². The van der Waals surface area contributed by atoms with Gasteiger partial charge >= 0.3 is 12.5 Å². The summed E-state index contributed by atoms with van der Waals surface area (Å²) in [6.07, 6.45) is -0.477. The first-order valence-corrected chi connectivity index (χ1v) is 13.8. The van der Waals surface area contributed by atoms with Crippen molar-refractivity contribution in [3.63, 3.8) is 0 Å². The van der Waals surface area contributed by atoms with E-state index in [0.29, 0.717) is 49.4 Å². The quantitative estimate of drug-likeness (QED) is 0.323. The van der Waals surface area contributed by atoms with Crippen molar-refractivity contribution in [2.45, 2.75) is 57.7 Å². The molecule has 1 saturated heterocycles. The molecule has 1 fully saturated rings. The van der Waals surface area contributed by atoms with Gasteiger partial charge in [0.25, 0.3) is 5.89 Å². The monoisotopic (exact) mass is 592 g/mol. The molecular formula is C29H30F2N8O4. The van der Waals surface area contributed by atoms with E-state index in [1.807, 2.05) is 51.1 Å². The zero-order valence-electron chi connectivity index (χ0n) is 23.8. The fourth-order valence-corrected chi connectivity index (χ4v) is 5.11. The lowest BCUT2D eigenvalue weighted by atomic mass is 9.84. The number of likely N-dealkylation sites (tertiary alicyclic amines) is 1. The minimum Gasteiger partial charge on any atom is -0.444 e. The zero-order valence-corrected chi connectivity index (χ0v) is 23.8. The highest BCUT2D eigenvalue weighted by molar-refractivity contribution is 6.06. The molecular weight excluding hydrogens is 562 g/mol. The molecule has 43 heavy (non-hydrogen) atoms. The van der Waals surface area contributed by atoms with Crippen LogP contribution in [0.4, 0.5) is 25.0 Å². The van der Waals surface area contributed by atoms with Gasteiger partial charge in [-0.15, -0.1) is 15.3 Å². The lowest BCUT2D eigenvalue weighted by Gasteiger charge is -2.44. The molecule has 0 bridgehead atoms. The van der Waals surface area contributed by atoms with Crippen LogP contribution in [0.1, 0.15) is 51.5 Å². The third kappa shape index (κ3) is 5.90. The minimum atomic E-state index is -2.82. The number of hydrogen-bond acceptors (Lipinski definition) is 9. The Labute approximate surface area is 245 Å². The van der Waals surface area contributed by atoms with Crippen LogP contribution in [-0.2, 0) is 16.1 Å². The number of hydrogen-bond donors (Lipinski definition) is 2. The van der Waals surface area contributed by atoms with Crippen molar-refractivity contribution < 1.29 is 27.5 Å². The van der Waals surface area contributed by atoms with E-state index < -0.39 is 23.5 Å². The Balaban J connectivity index is 1.10. The topological polar surface area (TPSA) is 140 Å². The molecule has 2 aliphatic heterocycles. The molecule has 0 unspecified atom stereocenters. The van der Waals surface area contributed by atoms with Gasteiger partial charge in [-0.05, 0) is 63.4 Å². The first-order valence-electron chi connectivity index (χ1n) is 13.8. The number of ether oxygens (including phenoxy) is 1. The number of nitrogens with zero attached hydrogens (tertiary/aromatic N) is 6. The van der Waals surface area contributed by atoms with Crippen LogP contribution in [0.3, 0.4) is 0 Å². The maximum Gasteiger partial charge on any atom is 0.410 e. The fourth-order valence-electron chi connectivity index (χ4n) is 5.11. The van der Waals surface area contributed by atoms with Gasteiger partial charge in [0.05, 0.1) is 24.1 Å². The molecule has 2 aromatic heterocycles. The number of amides is 2. The van der Waals surface area contributed by atoms with Gasteiger partial charge in [-0.3, -0.25) is 4.79 Å². The van der Waals surface area contributed by atoms with Gasteiger partial charge in [0, 0.05) is 24.2 Å². The van der Waals surface area contributed by atoms with Crippen LogP contribution < -0.4 is 10.6 Å². The summed E-state index contributed by atoms with van der Waals surface area (Å²) in [6, 6.07) is 12.7. The number of benzene rings is 2. The highest BCUT2D eigenvalue weighted by Gasteiger charge is 2.45. The number of anilines is 2. The molecule has 14 heteroatoms. The van der Waals surface area contributed by atoms with Crippen LogP contribution >= 0.6 is 0 Å². The van der Waals surface area contributed by atoms with Crippen molar-refractivity contribution in [2.75, 3.05) is 23.7 Å². The minimum absolute atomic E-state index is 0.0241. The second-order valence-corrected chi connectivity index (χ2v) is 11.6. The van der Waals surface area contributed by atoms with Crippen LogP contribution in [0, 0.1) is 0 Å². The van der Waals surface area contributed by atoms with E-state index in [0.717, 1.165) is 16.8 Å². The second-order valence-electron chi connectivity index (χ2n) is 11.6. The summed E-state index contributed by atoms with van der Waals surface area (Å²) < 4.78 is 37.6. The largest absolute Gasteiger partial charge is 0.444 e. The fraction of sp³-hybridized carbons (Fsp3) is 0.379. The van der Waals surface area contributed by atoms with Gasteiger partial charge in [-0.2, -0.15) is 8.78 Å². The molecule has 0 radical (unpaired) electrons. The third-order valence-electron chi connectivity index (χ3n) is 7.35. The maximum atomic E-state index is 13.3. The molecule has 1 spiro atoms. The number of rotatable bonds is 5. The van der Waals surface area contributed by atoms with Crippen LogP contribution in [0.2, 0.25) is 0 Å². The van der Waals surface area contributed by atoms with Crippen molar-refractivity contribution in [1.82, 2.24) is 30.1 Å². The van der Waals surface area contributed by atoms with E-state index in [4.69, 9.17) is 9.15 Å². The summed E-state index contributed by atoms with van der Waals surface area (Å²) in [5.41, 5.74) is 2.90. The van der Waals surface area contributed by atoms with Gasteiger partial charge in [0.2, 0.25) is 11.8 Å². The number of nitrogens with one attached hydrogen (secondary N) is 2. The normalized spacial score (nSPS) is 16.1. The van der Waals surface area contributed by atoms with Gasteiger partial charge in [0.15, 0.2) is 0 Å². The summed E-state index contributed by atoms with van der Waals surface area (Å²) in [5.74, 6) is -0.831. The second kappa shape index (κ2) is 10.7. The Morgan fingerprint density at radius 1 is 1.05 bits per heavy atom. The van der Waals surface area contributed by atoms with E-state index in [1.165, 1.54) is 0 Å². The summed E-state index contributed by atoms with van der Waals surface area (Å²) in [5, 5.41) is 22.0. The number of halogens is 2. The molecule has 2 aromatic carbocycles. The van der Waals surface area contributed by atoms with Crippen LogP contribution in [-0.4, -0.2) is 66.3 Å². The highest BCUT2D eigenvalue weighted by atomic mass is 19.3. The summed E-state index contributed by atoms with van der Waals surface area (Å²) in [4.78, 5) is 27.4. The van der Waals surface area contributed by atoms with E-state index in [2.05, 4.69) is 31.1 Å². The smallest absolute Gasteiger partial charge is 0.410 e. The predicted octanol–water partition coefficient (Wildman–Crippen LogP) is 5.11. The molecule has 0 atom stereocenters. The lowest BCUT2D eigenvalue weighted by molar-refractivity contribution is -0.122. The van der Waals surface area contributed by atoms with E-state index in [9.17, 15) is 18.4 Å².